The highest BCUT2D eigenvalue weighted by Gasteiger charge is 2.35. The van der Waals surface area contributed by atoms with Crippen LogP contribution in [-0.2, 0) is 11.3 Å². The Bertz CT molecular complexity index is 1230. The predicted molar refractivity (Wildman–Crippen MR) is 125 cm³/mol. The van der Waals surface area contributed by atoms with Crippen LogP contribution < -0.4 is 4.90 Å². The van der Waals surface area contributed by atoms with Gasteiger partial charge in [-0.1, -0.05) is 12.1 Å². The molecule has 1 aromatic heterocycles. The zero-order valence-electron chi connectivity index (χ0n) is 17.5. The Balaban J connectivity index is 1.57. The number of imide groups is 1. The monoisotopic (exact) mass is 448 g/mol. The van der Waals surface area contributed by atoms with Crippen LogP contribution in [0.4, 0.5) is 16.2 Å². The number of nitro groups is 1. The van der Waals surface area contributed by atoms with Gasteiger partial charge in [0.2, 0.25) is 0 Å². The average Bonchev–Trinajstić information content (AvgIpc) is 3.34. The average molecular weight is 449 g/mol. The zero-order valence-corrected chi connectivity index (χ0v) is 18.3. The molecular formula is C23H20N4O4S. The van der Waals surface area contributed by atoms with Gasteiger partial charge in [-0.25, -0.2) is 0 Å². The first-order chi connectivity index (χ1) is 15.3. The van der Waals surface area contributed by atoms with Crippen molar-refractivity contribution in [3.05, 3.63) is 93.1 Å². The minimum atomic E-state index is -0.504. The zero-order chi connectivity index (χ0) is 22.8. The van der Waals surface area contributed by atoms with Crippen molar-refractivity contribution in [2.75, 3.05) is 19.0 Å². The molecule has 1 fully saturated rings. The van der Waals surface area contributed by atoms with Gasteiger partial charge in [0.05, 0.1) is 16.4 Å². The number of hydrogen-bond donors (Lipinski definition) is 0. The molecule has 0 bridgehead atoms. The van der Waals surface area contributed by atoms with Crippen molar-refractivity contribution >= 4 is 40.4 Å². The summed E-state index contributed by atoms with van der Waals surface area (Å²) in [7, 11) is 3.94. The van der Waals surface area contributed by atoms with Crippen molar-refractivity contribution in [3.8, 4) is 5.69 Å². The van der Waals surface area contributed by atoms with Gasteiger partial charge in [-0.2, -0.15) is 0 Å². The number of non-ortho nitro benzene ring substituents is 1. The molecule has 3 aromatic rings. The molecule has 0 saturated carbocycles. The van der Waals surface area contributed by atoms with Crippen molar-refractivity contribution in [1.82, 2.24) is 9.47 Å². The SMILES string of the molecule is CN(C)c1ccc(-n2cccc2/C=C2/SC(=O)N(Cc3cccc([N+](=O)[O-])c3)C2=O)cc1. The summed E-state index contributed by atoms with van der Waals surface area (Å²) in [5.74, 6) is -0.415. The second kappa shape index (κ2) is 8.72. The number of benzene rings is 2. The Morgan fingerprint density at radius 1 is 1.06 bits per heavy atom. The number of thioether (sulfide) groups is 1. The Labute approximate surface area is 188 Å². The van der Waals surface area contributed by atoms with Gasteiger partial charge < -0.3 is 9.47 Å². The van der Waals surface area contributed by atoms with Crippen molar-refractivity contribution in [2.45, 2.75) is 6.54 Å². The second-order valence-corrected chi connectivity index (χ2v) is 8.40. The lowest BCUT2D eigenvalue weighted by atomic mass is 10.2. The molecule has 0 radical (unpaired) electrons. The van der Waals surface area contributed by atoms with Crippen LogP contribution in [0, 0.1) is 10.1 Å². The lowest BCUT2D eigenvalue weighted by molar-refractivity contribution is -0.384. The quantitative estimate of drug-likeness (QED) is 0.309. The number of nitrogens with zero attached hydrogens (tertiary/aromatic N) is 4. The highest BCUT2D eigenvalue weighted by Crippen LogP contribution is 2.34. The lowest BCUT2D eigenvalue weighted by Crippen LogP contribution is -2.27. The summed E-state index contributed by atoms with van der Waals surface area (Å²) >= 11 is 0.865. The molecule has 162 valence electrons. The molecular weight excluding hydrogens is 428 g/mol. The summed E-state index contributed by atoms with van der Waals surface area (Å²) < 4.78 is 1.94. The van der Waals surface area contributed by atoms with E-state index in [1.165, 1.54) is 18.2 Å². The molecule has 4 rings (SSSR count). The molecule has 8 nitrogen and oxygen atoms in total. The molecule has 0 spiro atoms. The molecule has 0 aliphatic carbocycles. The number of carbonyl (C=O) groups excluding carboxylic acids is 2. The van der Waals surface area contributed by atoms with E-state index in [-0.39, 0.29) is 12.2 Å². The highest BCUT2D eigenvalue weighted by molar-refractivity contribution is 8.18. The number of anilines is 1. The molecule has 9 heteroatoms. The van der Waals surface area contributed by atoms with E-state index in [0.29, 0.717) is 10.5 Å². The molecule has 0 unspecified atom stereocenters. The topological polar surface area (TPSA) is 88.7 Å². The van der Waals surface area contributed by atoms with Gasteiger partial charge in [0, 0.05) is 49.5 Å². The van der Waals surface area contributed by atoms with Gasteiger partial charge in [-0.05, 0) is 59.8 Å². The van der Waals surface area contributed by atoms with Crippen LogP contribution in [0.2, 0.25) is 0 Å². The Morgan fingerprint density at radius 3 is 2.50 bits per heavy atom. The highest BCUT2D eigenvalue weighted by atomic mass is 32.2. The first-order valence-corrected chi connectivity index (χ1v) is 10.6. The summed E-state index contributed by atoms with van der Waals surface area (Å²) in [6.45, 7) is -0.0172. The van der Waals surface area contributed by atoms with Crippen LogP contribution in [0.25, 0.3) is 11.8 Å². The van der Waals surface area contributed by atoms with Crippen LogP contribution in [0.15, 0.2) is 71.8 Å². The third-order valence-electron chi connectivity index (χ3n) is 5.04. The number of hydrogen-bond acceptors (Lipinski definition) is 6. The van der Waals surface area contributed by atoms with E-state index >= 15 is 0 Å². The maximum absolute atomic E-state index is 12.9. The summed E-state index contributed by atoms with van der Waals surface area (Å²) in [4.78, 5) is 39.3. The molecule has 2 amide bonds. The minimum Gasteiger partial charge on any atom is -0.378 e. The fourth-order valence-corrected chi connectivity index (χ4v) is 4.20. The lowest BCUT2D eigenvalue weighted by Gasteiger charge is -2.14. The van der Waals surface area contributed by atoms with E-state index in [0.717, 1.165) is 33.7 Å². The number of rotatable bonds is 6. The first-order valence-electron chi connectivity index (χ1n) is 9.77. The molecule has 32 heavy (non-hydrogen) atoms. The first kappa shape index (κ1) is 21.4. The minimum absolute atomic E-state index is 0.0172. The van der Waals surface area contributed by atoms with Crippen LogP contribution in [0.1, 0.15) is 11.3 Å². The molecule has 1 saturated heterocycles. The van der Waals surface area contributed by atoms with Gasteiger partial charge in [-0.3, -0.25) is 24.6 Å². The summed E-state index contributed by atoms with van der Waals surface area (Å²) in [5.41, 5.74) is 3.21. The Hall–Kier alpha value is -3.85. The van der Waals surface area contributed by atoms with Crippen LogP contribution in [-0.4, -0.2) is 39.6 Å². The van der Waals surface area contributed by atoms with Crippen LogP contribution in [0.3, 0.4) is 0 Å². The molecule has 0 atom stereocenters. The third-order valence-corrected chi connectivity index (χ3v) is 5.95. The van der Waals surface area contributed by atoms with Crippen molar-refractivity contribution in [1.29, 1.82) is 0 Å². The van der Waals surface area contributed by atoms with Gasteiger partial charge in [0.25, 0.3) is 16.8 Å². The number of carbonyl (C=O) groups is 2. The molecule has 1 aliphatic heterocycles. The van der Waals surface area contributed by atoms with Crippen molar-refractivity contribution < 1.29 is 14.5 Å². The third kappa shape index (κ3) is 4.28. The maximum Gasteiger partial charge on any atom is 0.293 e. The Kier molecular flexibility index (Phi) is 5.83. The van der Waals surface area contributed by atoms with Gasteiger partial charge in [-0.15, -0.1) is 0 Å². The van der Waals surface area contributed by atoms with Gasteiger partial charge in [0.15, 0.2) is 0 Å². The molecule has 2 heterocycles. The van der Waals surface area contributed by atoms with Crippen molar-refractivity contribution in [3.63, 3.8) is 0 Å². The van der Waals surface area contributed by atoms with Crippen molar-refractivity contribution in [2.24, 2.45) is 0 Å². The second-order valence-electron chi connectivity index (χ2n) is 7.41. The summed E-state index contributed by atoms with van der Waals surface area (Å²) in [6, 6.07) is 17.7. The fourth-order valence-electron chi connectivity index (χ4n) is 3.38. The number of nitro benzene ring substituents is 1. The Morgan fingerprint density at radius 2 is 1.81 bits per heavy atom. The molecule has 2 aromatic carbocycles. The molecule has 0 N–H and O–H groups in total. The van der Waals surface area contributed by atoms with E-state index in [1.807, 2.05) is 66.2 Å². The number of amides is 2. The number of aromatic nitrogens is 1. The largest absolute Gasteiger partial charge is 0.378 e. The van der Waals surface area contributed by atoms with E-state index < -0.39 is 16.1 Å². The fraction of sp³-hybridized carbons (Fsp3) is 0.130. The predicted octanol–water partition coefficient (Wildman–Crippen LogP) is 4.69. The maximum atomic E-state index is 12.9. The standard InChI is InChI=1S/C23H20N4O4S/c1-24(2)17-8-10-18(11-9-17)25-12-4-7-19(25)14-21-22(28)26(23(29)32-21)15-16-5-3-6-20(13-16)27(30)31/h3-14H,15H2,1-2H3/b21-14+. The normalized spacial score (nSPS) is 14.9. The smallest absolute Gasteiger partial charge is 0.293 e. The van der Waals surface area contributed by atoms with E-state index in [1.54, 1.807) is 12.1 Å². The van der Waals surface area contributed by atoms with Gasteiger partial charge in [0.1, 0.15) is 0 Å². The summed E-state index contributed by atoms with van der Waals surface area (Å²) in [5, 5.41) is 10.6. The van der Waals surface area contributed by atoms with E-state index in [4.69, 9.17) is 0 Å². The molecule has 1 aliphatic rings. The van der Waals surface area contributed by atoms with E-state index in [9.17, 15) is 19.7 Å². The van der Waals surface area contributed by atoms with E-state index in [2.05, 4.69) is 0 Å². The summed E-state index contributed by atoms with van der Waals surface area (Å²) in [6.07, 6.45) is 3.59. The van der Waals surface area contributed by atoms with Gasteiger partial charge >= 0.3 is 0 Å². The van der Waals surface area contributed by atoms with Crippen LogP contribution >= 0.6 is 11.8 Å². The van der Waals surface area contributed by atoms with Crippen LogP contribution in [0.5, 0.6) is 0 Å².